The normalized spacial score (nSPS) is 17.2. The van der Waals surface area contributed by atoms with Gasteiger partial charge in [0, 0.05) is 37.6 Å². The van der Waals surface area contributed by atoms with Gasteiger partial charge in [0.15, 0.2) is 5.69 Å². The Kier molecular flexibility index (Phi) is 4.44. The van der Waals surface area contributed by atoms with Crippen LogP contribution in [-0.2, 0) is 32.6 Å². The average molecular weight is 356 g/mol. The molecule has 2 heterocycles. The lowest BCUT2D eigenvalue weighted by atomic mass is 9.94. The third kappa shape index (κ3) is 3.77. The molecule has 1 unspecified atom stereocenters. The lowest BCUT2D eigenvalue weighted by Crippen LogP contribution is -2.45. The fourth-order valence-corrected chi connectivity index (χ4v) is 3.04. The molecule has 0 saturated carbocycles. The largest absolute Gasteiger partial charge is 0.435 e. The lowest BCUT2D eigenvalue weighted by molar-refractivity contribution is -0.142. The van der Waals surface area contributed by atoms with Crippen molar-refractivity contribution in [3.63, 3.8) is 0 Å². The van der Waals surface area contributed by atoms with Crippen LogP contribution in [0.15, 0.2) is 12.4 Å². The predicted molar refractivity (Wildman–Crippen MR) is 82.6 cm³/mol. The minimum Gasteiger partial charge on any atom is -0.335 e. The number of hydrogen-bond acceptors (Lipinski definition) is 3. The van der Waals surface area contributed by atoms with E-state index in [0.717, 1.165) is 28.8 Å². The summed E-state index contributed by atoms with van der Waals surface area (Å²) >= 11 is 0. The van der Waals surface area contributed by atoms with Gasteiger partial charge >= 0.3 is 12.2 Å². The van der Waals surface area contributed by atoms with Gasteiger partial charge in [0.05, 0.1) is 12.7 Å². The number of carbonyl (C=O) groups is 1. The van der Waals surface area contributed by atoms with Gasteiger partial charge in [-0.1, -0.05) is 0 Å². The number of halogens is 3. The molecule has 2 aromatic heterocycles. The van der Waals surface area contributed by atoms with Gasteiger partial charge in [0.25, 0.3) is 0 Å². The van der Waals surface area contributed by atoms with Crippen LogP contribution in [0.25, 0.3) is 0 Å². The molecule has 25 heavy (non-hydrogen) atoms. The third-order valence-corrected chi connectivity index (χ3v) is 4.27. The van der Waals surface area contributed by atoms with E-state index >= 15 is 0 Å². The first-order valence-corrected chi connectivity index (χ1v) is 7.86. The van der Waals surface area contributed by atoms with E-state index in [0.29, 0.717) is 6.42 Å². The number of carbonyl (C=O) groups excluding carboxylic acids is 1. The van der Waals surface area contributed by atoms with Crippen LogP contribution in [0.1, 0.15) is 28.9 Å². The average Bonchev–Trinajstić information content (AvgIpc) is 3.12. The zero-order chi connectivity index (χ0) is 18.2. The first-order chi connectivity index (χ1) is 11.7. The molecule has 2 amide bonds. The van der Waals surface area contributed by atoms with Crippen LogP contribution in [0.4, 0.5) is 18.0 Å². The quantitative estimate of drug-likeness (QED) is 0.881. The molecule has 1 aliphatic carbocycles. The van der Waals surface area contributed by atoms with E-state index in [1.807, 2.05) is 0 Å². The van der Waals surface area contributed by atoms with Crippen molar-refractivity contribution in [2.45, 2.75) is 38.0 Å². The number of aromatic nitrogens is 4. The standard InChI is InChI=1S/C15H19F3N6O/c1-23(7-10-8-24(2)22-13(10)15(16,17)18)14(25)20-11-3-4-12-9(5-11)6-19-21-12/h6,8,11H,3-5,7H2,1-2H3,(H,19,21)(H,20,25). The molecule has 0 aliphatic heterocycles. The smallest absolute Gasteiger partial charge is 0.335 e. The van der Waals surface area contributed by atoms with Gasteiger partial charge in [-0.15, -0.1) is 0 Å². The Morgan fingerprint density at radius 3 is 3.00 bits per heavy atom. The molecule has 1 atom stereocenters. The van der Waals surface area contributed by atoms with Gasteiger partial charge in [0.2, 0.25) is 0 Å². The topological polar surface area (TPSA) is 78.8 Å². The van der Waals surface area contributed by atoms with Crippen molar-refractivity contribution in [3.8, 4) is 0 Å². The molecule has 3 rings (SSSR count). The van der Waals surface area contributed by atoms with Gasteiger partial charge in [0.1, 0.15) is 0 Å². The molecular formula is C15H19F3N6O. The Bertz CT molecular complexity index is 766. The Balaban J connectivity index is 1.62. The third-order valence-electron chi connectivity index (χ3n) is 4.27. The molecular weight excluding hydrogens is 337 g/mol. The van der Waals surface area contributed by atoms with Gasteiger partial charge in [-0.05, 0) is 24.8 Å². The van der Waals surface area contributed by atoms with Crippen LogP contribution in [0.3, 0.4) is 0 Å². The lowest BCUT2D eigenvalue weighted by Gasteiger charge is -2.26. The number of nitrogens with one attached hydrogen (secondary N) is 2. The highest BCUT2D eigenvalue weighted by atomic mass is 19.4. The van der Waals surface area contributed by atoms with Gasteiger partial charge in [-0.25, -0.2) is 4.79 Å². The zero-order valence-corrected chi connectivity index (χ0v) is 13.9. The van der Waals surface area contributed by atoms with Crippen LogP contribution in [0, 0.1) is 0 Å². The molecule has 0 spiro atoms. The number of aromatic amines is 1. The minimum absolute atomic E-state index is 0.0339. The number of amides is 2. The second-order valence-corrected chi connectivity index (χ2v) is 6.29. The Hall–Kier alpha value is -2.52. The minimum atomic E-state index is -4.55. The van der Waals surface area contributed by atoms with Gasteiger partial charge in [-0.2, -0.15) is 23.4 Å². The number of nitrogens with zero attached hydrogens (tertiary/aromatic N) is 4. The Labute approximate surface area is 142 Å². The molecule has 2 N–H and O–H groups in total. The molecule has 0 aromatic carbocycles. The molecule has 0 fully saturated rings. The first kappa shape index (κ1) is 17.3. The summed E-state index contributed by atoms with van der Waals surface area (Å²) in [5, 5.41) is 13.2. The van der Waals surface area contributed by atoms with Crippen molar-refractivity contribution >= 4 is 6.03 Å². The highest BCUT2D eigenvalue weighted by Gasteiger charge is 2.37. The molecule has 136 valence electrons. The van der Waals surface area contributed by atoms with Crippen LogP contribution < -0.4 is 5.32 Å². The van der Waals surface area contributed by atoms with E-state index in [1.54, 1.807) is 6.20 Å². The number of urea groups is 1. The summed E-state index contributed by atoms with van der Waals surface area (Å²) in [4.78, 5) is 13.5. The second-order valence-electron chi connectivity index (χ2n) is 6.29. The Morgan fingerprint density at radius 2 is 2.28 bits per heavy atom. The molecule has 1 aliphatic rings. The SMILES string of the molecule is CN(Cc1cn(C)nc1C(F)(F)F)C(=O)NC1CCc2[nH]ncc2C1. The maximum Gasteiger partial charge on any atom is 0.435 e. The molecule has 0 radical (unpaired) electrons. The fraction of sp³-hybridized carbons (Fsp3) is 0.533. The van der Waals surface area contributed by atoms with Crippen molar-refractivity contribution in [1.29, 1.82) is 0 Å². The summed E-state index contributed by atoms with van der Waals surface area (Å²) in [6, 6.07) is -0.468. The monoisotopic (exact) mass is 356 g/mol. The number of rotatable bonds is 3. The summed E-state index contributed by atoms with van der Waals surface area (Å²) in [7, 11) is 2.89. The van der Waals surface area contributed by atoms with Crippen LogP contribution >= 0.6 is 0 Å². The van der Waals surface area contributed by atoms with Crippen molar-refractivity contribution in [2.24, 2.45) is 7.05 Å². The van der Waals surface area contributed by atoms with Crippen molar-refractivity contribution in [1.82, 2.24) is 30.2 Å². The predicted octanol–water partition coefficient (Wildman–Crippen LogP) is 1.86. The number of fused-ring (bicyclic) bond motifs is 1. The maximum atomic E-state index is 13.0. The zero-order valence-electron chi connectivity index (χ0n) is 13.9. The molecule has 0 saturated heterocycles. The van der Waals surface area contributed by atoms with Crippen molar-refractivity contribution in [2.75, 3.05) is 7.05 Å². The Morgan fingerprint density at radius 1 is 1.52 bits per heavy atom. The summed E-state index contributed by atoms with van der Waals surface area (Å²) < 4.78 is 40.1. The van der Waals surface area contributed by atoms with E-state index in [4.69, 9.17) is 0 Å². The summed E-state index contributed by atoms with van der Waals surface area (Å²) in [5.74, 6) is 0. The summed E-state index contributed by atoms with van der Waals surface area (Å²) in [6.07, 6.45) is 0.676. The number of aryl methyl sites for hydroxylation is 2. The van der Waals surface area contributed by atoms with E-state index in [-0.39, 0.29) is 18.2 Å². The van der Waals surface area contributed by atoms with E-state index in [9.17, 15) is 18.0 Å². The summed E-state index contributed by atoms with van der Waals surface area (Å²) in [5.41, 5.74) is 1.14. The second kappa shape index (κ2) is 6.41. The van der Waals surface area contributed by atoms with Crippen molar-refractivity contribution < 1.29 is 18.0 Å². The van der Waals surface area contributed by atoms with Crippen LogP contribution in [-0.4, -0.2) is 44.0 Å². The molecule has 10 heteroatoms. The highest BCUT2D eigenvalue weighted by Crippen LogP contribution is 2.31. The number of alkyl halides is 3. The van der Waals surface area contributed by atoms with E-state index < -0.39 is 17.9 Å². The fourth-order valence-electron chi connectivity index (χ4n) is 3.04. The first-order valence-electron chi connectivity index (χ1n) is 7.86. The van der Waals surface area contributed by atoms with Gasteiger partial charge in [-0.3, -0.25) is 9.78 Å². The number of hydrogen-bond donors (Lipinski definition) is 2. The van der Waals surface area contributed by atoms with Crippen LogP contribution in [0.2, 0.25) is 0 Å². The molecule has 2 aromatic rings. The van der Waals surface area contributed by atoms with Crippen LogP contribution in [0.5, 0.6) is 0 Å². The molecule has 7 nitrogen and oxygen atoms in total. The van der Waals surface area contributed by atoms with Gasteiger partial charge < -0.3 is 10.2 Å². The summed E-state index contributed by atoms with van der Waals surface area (Å²) in [6.45, 7) is -0.168. The van der Waals surface area contributed by atoms with E-state index in [1.165, 1.54) is 25.2 Å². The number of H-pyrrole nitrogens is 1. The maximum absolute atomic E-state index is 13.0. The molecule has 0 bridgehead atoms. The van der Waals surface area contributed by atoms with E-state index in [2.05, 4.69) is 20.6 Å². The van der Waals surface area contributed by atoms with Crippen molar-refractivity contribution in [3.05, 3.63) is 34.9 Å². The highest BCUT2D eigenvalue weighted by molar-refractivity contribution is 5.74.